The molecule has 0 radical (unpaired) electrons. The number of hydrogen-bond acceptors (Lipinski definition) is 4. The minimum Gasteiger partial charge on any atom is -0.444 e. The smallest absolute Gasteiger partial charge is 0.408 e. The summed E-state index contributed by atoms with van der Waals surface area (Å²) in [5.41, 5.74) is 4.50. The molecular weight excluding hydrogens is 216 g/mol. The summed E-state index contributed by atoms with van der Waals surface area (Å²) in [5, 5.41) is 2.39. The largest absolute Gasteiger partial charge is 0.444 e. The van der Waals surface area contributed by atoms with Gasteiger partial charge in [-0.3, -0.25) is 4.79 Å². The molecule has 0 aliphatic carbocycles. The predicted molar refractivity (Wildman–Crippen MR) is 60.8 cm³/mol. The highest BCUT2D eigenvalue weighted by Crippen LogP contribution is 2.07. The molecule has 0 rings (SSSR count). The van der Waals surface area contributed by atoms with E-state index in [4.69, 9.17) is 10.5 Å². The summed E-state index contributed by atoms with van der Waals surface area (Å²) in [4.78, 5) is 22.2. The summed E-state index contributed by atoms with van der Waals surface area (Å²) in [6.07, 6.45) is -0.259. The highest BCUT2D eigenvalue weighted by molar-refractivity contribution is 7.80. The van der Waals surface area contributed by atoms with Crippen molar-refractivity contribution in [2.45, 2.75) is 38.8 Å². The Labute approximate surface area is 95.1 Å². The van der Waals surface area contributed by atoms with Crippen LogP contribution in [0.2, 0.25) is 0 Å². The second-order valence-electron chi connectivity index (χ2n) is 4.11. The van der Waals surface area contributed by atoms with E-state index in [1.165, 1.54) is 0 Å². The van der Waals surface area contributed by atoms with Crippen LogP contribution in [0.1, 0.15) is 27.2 Å². The maximum atomic E-state index is 11.3. The van der Waals surface area contributed by atoms with Crippen molar-refractivity contribution < 1.29 is 14.3 Å². The molecule has 0 aliphatic rings. The minimum atomic E-state index is -0.725. The zero-order valence-electron chi connectivity index (χ0n) is 9.24. The molecule has 15 heavy (non-hydrogen) atoms. The van der Waals surface area contributed by atoms with Gasteiger partial charge in [0.1, 0.15) is 11.6 Å². The van der Waals surface area contributed by atoms with Crippen LogP contribution >= 0.6 is 12.6 Å². The van der Waals surface area contributed by atoms with Gasteiger partial charge in [0, 0.05) is 0 Å². The van der Waals surface area contributed by atoms with Gasteiger partial charge in [0.15, 0.2) is 0 Å². The lowest BCUT2D eigenvalue weighted by atomic mass is 10.2. The van der Waals surface area contributed by atoms with Crippen LogP contribution in [-0.4, -0.2) is 29.4 Å². The average Bonchev–Trinajstić information content (AvgIpc) is 1.99. The highest BCUT2D eigenvalue weighted by Gasteiger charge is 2.21. The van der Waals surface area contributed by atoms with E-state index < -0.39 is 23.6 Å². The maximum absolute atomic E-state index is 11.3. The third-order valence-corrected chi connectivity index (χ3v) is 1.71. The van der Waals surface area contributed by atoms with Crippen LogP contribution < -0.4 is 11.1 Å². The molecule has 5 nitrogen and oxygen atoms in total. The number of carbonyl (C=O) groups is 2. The van der Waals surface area contributed by atoms with Crippen LogP contribution in [0.3, 0.4) is 0 Å². The zero-order chi connectivity index (χ0) is 12.1. The molecule has 0 aliphatic heterocycles. The van der Waals surface area contributed by atoms with Crippen molar-refractivity contribution in [1.82, 2.24) is 5.32 Å². The van der Waals surface area contributed by atoms with E-state index in [9.17, 15) is 9.59 Å². The van der Waals surface area contributed by atoms with Gasteiger partial charge in [-0.25, -0.2) is 4.79 Å². The van der Waals surface area contributed by atoms with Gasteiger partial charge in [-0.15, -0.1) is 0 Å². The van der Waals surface area contributed by atoms with E-state index in [-0.39, 0.29) is 0 Å². The maximum Gasteiger partial charge on any atom is 0.408 e. The number of primary amides is 1. The zero-order valence-corrected chi connectivity index (χ0v) is 10.1. The summed E-state index contributed by atoms with van der Waals surface area (Å²) in [5.74, 6) is -0.126. The van der Waals surface area contributed by atoms with E-state index in [0.29, 0.717) is 12.2 Å². The molecule has 0 fully saturated rings. The summed E-state index contributed by atoms with van der Waals surface area (Å²) in [6, 6.07) is -0.725. The topological polar surface area (TPSA) is 81.4 Å². The Morgan fingerprint density at radius 2 is 2.00 bits per heavy atom. The number of carbonyl (C=O) groups excluding carboxylic acids is 2. The van der Waals surface area contributed by atoms with Gasteiger partial charge < -0.3 is 15.8 Å². The molecule has 0 saturated carbocycles. The molecule has 2 amide bonds. The summed E-state index contributed by atoms with van der Waals surface area (Å²) < 4.78 is 4.98. The lowest BCUT2D eigenvalue weighted by Crippen LogP contribution is -2.46. The first-order valence-electron chi connectivity index (χ1n) is 4.66. The quantitative estimate of drug-likeness (QED) is 0.626. The van der Waals surface area contributed by atoms with Gasteiger partial charge in [0.25, 0.3) is 0 Å². The average molecular weight is 234 g/mol. The van der Waals surface area contributed by atoms with Crippen molar-refractivity contribution in [2.75, 3.05) is 5.75 Å². The van der Waals surface area contributed by atoms with Gasteiger partial charge in [-0.2, -0.15) is 12.6 Å². The number of nitrogens with two attached hydrogens (primary N) is 1. The number of rotatable bonds is 4. The molecule has 6 heteroatoms. The monoisotopic (exact) mass is 234 g/mol. The fraction of sp³-hybridized carbons (Fsp3) is 0.778. The second-order valence-corrected chi connectivity index (χ2v) is 4.56. The van der Waals surface area contributed by atoms with E-state index >= 15 is 0 Å². The van der Waals surface area contributed by atoms with Crippen LogP contribution in [-0.2, 0) is 9.53 Å². The van der Waals surface area contributed by atoms with Crippen LogP contribution in [0.15, 0.2) is 0 Å². The van der Waals surface area contributed by atoms with Gasteiger partial charge in [-0.1, -0.05) is 0 Å². The van der Waals surface area contributed by atoms with E-state index in [1.807, 2.05) is 0 Å². The van der Waals surface area contributed by atoms with Gasteiger partial charge in [-0.05, 0) is 32.9 Å². The van der Waals surface area contributed by atoms with Gasteiger partial charge in [0.2, 0.25) is 5.91 Å². The molecular formula is C9H18N2O3S. The standard InChI is InChI=1S/C9H18N2O3S/c1-9(2,3)14-8(13)11-6(4-5-15)7(10)12/h6,15H,4-5H2,1-3H3,(H2,10,12)(H,11,13). The Kier molecular flexibility index (Phi) is 5.49. The van der Waals surface area contributed by atoms with Crippen LogP contribution in [0, 0.1) is 0 Å². The van der Waals surface area contributed by atoms with Crippen molar-refractivity contribution in [3.8, 4) is 0 Å². The third-order valence-electron chi connectivity index (χ3n) is 1.45. The van der Waals surface area contributed by atoms with E-state index in [0.717, 1.165) is 0 Å². The second kappa shape index (κ2) is 5.85. The van der Waals surface area contributed by atoms with Crippen LogP contribution in [0.25, 0.3) is 0 Å². The molecule has 1 unspecified atom stereocenters. The van der Waals surface area contributed by atoms with E-state index in [1.54, 1.807) is 20.8 Å². The number of thiol groups is 1. The third kappa shape index (κ3) is 7.07. The number of alkyl carbamates (subject to hydrolysis) is 1. The Bertz CT molecular complexity index is 238. The minimum absolute atomic E-state index is 0.387. The van der Waals surface area contributed by atoms with Gasteiger partial charge >= 0.3 is 6.09 Å². The Morgan fingerprint density at radius 3 is 2.33 bits per heavy atom. The Morgan fingerprint density at radius 1 is 1.47 bits per heavy atom. The van der Waals surface area contributed by atoms with Crippen molar-refractivity contribution in [3.63, 3.8) is 0 Å². The Balaban J connectivity index is 4.18. The summed E-state index contributed by atoms with van der Waals surface area (Å²) in [6.45, 7) is 5.22. The predicted octanol–water partition coefficient (Wildman–Crippen LogP) is 0.685. The normalized spacial score (nSPS) is 13.1. The van der Waals surface area contributed by atoms with E-state index in [2.05, 4.69) is 17.9 Å². The molecule has 0 spiro atoms. The highest BCUT2D eigenvalue weighted by atomic mass is 32.1. The molecule has 88 valence electrons. The van der Waals surface area contributed by atoms with Crippen molar-refractivity contribution in [1.29, 1.82) is 0 Å². The Hall–Kier alpha value is -0.910. The molecule has 0 heterocycles. The SMILES string of the molecule is CC(C)(C)OC(=O)NC(CCS)C(N)=O. The number of nitrogens with one attached hydrogen (secondary N) is 1. The van der Waals surface area contributed by atoms with Gasteiger partial charge in [0.05, 0.1) is 0 Å². The number of ether oxygens (including phenoxy) is 1. The van der Waals surface area contributed by atoms with Crippen molar-refractivity contribution in [2.24, 2.45) is 5.73 Å². The molecule has 0 aromatic rings. The molecule has 3 N–H and O–H groups in total. The van der Waals surface area contributed by atoms with Crippen LogP contribution in [0.4, 0.5) is 4.79 Å². The van der Waals surface area contributed by atoms with Crippen LogP contribution in [0.5, 0.6) is 0 Å². The number of amides is 2. The fourth-order valence-electron chi connectivity index (χ4n) is 0.864. The molecule has 0 bridgehead atoms. The lowest BCUT2D eigenvalue weighted by molar-refractivity contribution is -0.120. The molecule has 0 aromatic carbocycles. The lowest BCUT2D eigenvalue weighted by Gasteiger charge is -2.22. The summed E-state index contributed by atoms with van der Waals surface area (Å²) in [7, 11) is 0. The molecule has 0 aromatic heterocycles. The first-order valence-corrected chi connectivity index (χ1v) is 5.29. The number of hydrogen-bond donors (Lipinski definition) is 3. The van der Waals surface area contributed by atoms with Crippen molar-refractivity contribution >= 4 is 24.6 Å². The first-order chi connectivity index (χ1) is 6.76. The summed E-state index contributed by atoms with van der Waals surface area (Å²) >= 11 is 3.96. The van der Waals surface area contributed by atoms with Crippen molar-refractivity contribution in [3.05, 3.63) is 0 Å². The fourth-order valence-corrected chi connectivity index (χ4v) is 1.12. The molecule has 1 atom stereocenters. The first kappa shape index (κ1) is 14.1. The molecule has 0 saturated heterocycles.